The predicted octanol–water partition coefficient (Wildman–Crippen LogP) is 4.16. The van der Waals surface area contributed by atoms with Crippen LogP contribution in [0.3, 0.4) is 0 Å². The first-order valence-corrected chi connectivity index (χ1v) is 7.05. The minimum atomic E-state index is -4.52. The van der Waals surface area contributed by atoms with Gasteiger partial charge in [0.15, 0.2) is 0 Å². The molecule has 0 amide bonds. The smallest absolute Gasteiger partial charge is 0.324 e. The van der Waals surface area contributed by atoms with E-state index in [-0.39, 0.29) is 12.0 Å². The highest BCUT2D eigenvalue weighted by Crippen LogP contribution is 2.32. The molecule has 0 aliphatic rings. The first-order valence-electron chi connectivity index (χ1n) is 6.23. The number of hydrogen-bond donors (Lipinski definition) is 1. The first kappa shape index (κ1) is 15.9. The molecule has 0 fully saturated rings. The summed E-state index contributed by atoms with van der Waals surface area (Å²) in [5.74, 6) is -0.736. The van der Waals surface area contributed by atoms with Crippen molar-refractivity contribution in [1.29, 1.82) is 0 Å². The Morgan fingerprint density at radius 1 is 1.29 bits per heavy atom. The Bertz CT molecular complexity index is 629. The van der Waals surface area contributed by atoms with Gasteiger partial charge in [0.05, 0.1) is 16.3 Å². The van der Waals surface area contributed by atoms with Gasteiger partial charge in [-0.2, -0.15) is 13.2 Å². The minimum absolute atomic E-state index is 0.143. The van der Waals surface area contributed by atoms with E-state index in [4.69, 9.17) is 5.73 Å². The fourth-order valence-electron chi connectivity index (χ4n) is 1.93. The Morgan fingerprint density at radius 3 is 2.48 bits per heavy atom. The van der Waals surface area contributed by atoms with Crippen LogP contribution in [0, 0.1) is 19.7 Å². The second-order valence-corrected chi connectivity index (χ2v) is 6.08. The van der Waals surface area contributed by atoms with Gasteiger partial charge < -0.3 is 5.73 Å². The van der Waals surface area contributed by atoms with Crippen molar-refractivity contribution in [3.63, 3.8) is 0 Å². The topological polar surface area (TPSA) is 38.9 Å². The highest BCUT2D eigenvalue weighted by atomic mass is 32.1. The second kappa shape index (κ2) is 5.73. The van der Waals surface area contributed by atoms with Gasteiger partial charge in [-0.25, -0.2) is 9.37 Å². The van der Waals surface area contributed by atoms with Crippen LogP contribution in [0.2, 0.25) is 0 Å². The number of benzene rings is 1. The average Bonchev–Trinajstić information content (AvgIpc) is 2.67. The van der Waals surface area contributed by atoms with Crippen molar-refractivity contribution in [2.24, 2.45) is 5.73 Å². The molecule has 7 heteroatoms. The van der Waals surface area contributed by atoms with E-state index in [1.807, 2.05) is 13.8 Å². The van der Waals surface area contributed by atoms with Gasteiger partial charge in [0.1, 0.15) is 5.82 Å². The van der Waals surface area contributed by atoms with E-state index in [1.54, 1.807) is 0 Å². The van der Waals surface area contributed by atoms with Crippen LogP contribution >= 0.6 is 11.3 Å². The average molecular weight is 318 g/mol. The molecule has 1 aromatic carbocycles. The van der Waals surface area contributed by atoms with Crippen molar-refractivity contribution in [2.45, 2.75) is 32.5 Å². The lowest BCUT2D eigenvalue weighted by Crippen LogP contribution is -2.16. The van der Waals surface area contributed by atoms with Gasteiger partial charge in [-0.15, -0.1) is 11.3 Å². The van der Waals surface area contributed by atoms with Crippen molar-refractivity contribution >= 4 is 11.3 Å². The van der Waals surface area contributed by atoms with Crippen molar-refractivity contribution in [1.82, 2.24) is 4.98 Å². The van der Waals surface area contributed by atoms with Crippen molar-refractivity contribution in [3.05, 3.63) is 50.7 Å². The third-order valence-electron chi connectivity index (χ3n) is 3.19. The maximum Gasteiger partial charge on any atom is 0.416 e. The first-order chi connectivity index (χ1) is 9.68. The third-order valence-corrected chi connectivity index (χ3v) is 4.29. The predicted molar refractivity (Wildman–Crippen MR) is 73.6 cm³/mol. The van der Waals surface area contributed by atoms with Crippen LogP contribution in [0.4, 0.5) is 17.6 Å². The van der Waals surface area contributed by atoms with Crippen LogP contribution in [0.1, 0.15) is 32.7 Å². The highest BCUT2D eigenvalue weighted by Gasteiger charge is 2.31. The summed E-state index contributed by atoms with van der Waals surface area (Å²) in [6.07, 6.45) is -4.31. The summed E-state index contributed by atoms with van der Waals surface area (Å²) in [5.41, 5.74) is 5.67. The second-order valence-electron chi connectivity index (χ2n) is 4.79. The monoisotopic (exact) mass is 318 g/mol. The third kappa shape index (κ3) is 3.59. The Balaban J connectivity index is 2.28. The zero-order valence-corrected chi connectivity index (χ0v) is 12.3. The van der Waals surface area contributed by atoms with E-state index in [9.17, 15) is 17.6 Å². The Morgan fingerprint density at radius 2 is 1.95 bits per heavy atom. The van der Waals surface area contributed by atoms with Crippen LogP contribution in [0.5, 0.6) is 0 Å². The molecule has 2 nitrogen and oxygen atoms in total. The number of nitrogens with two attached hydrogens (primary N) is 1. The van der Waals surface area contributed by atoms with Crippen molar-refractivity contribution in [3.8, 4) is 0 Å². The SMILES string of the molecule is Cc1nc(CC(N)c2cc(C(F)(F)F)ccc2F)sc1C. The Kier molecular flexibility index (Phi) is 4.34. The lowest BCUT2D eigenvalue weighted by molar-refractivity contribution is -0.137. The maximum absolute atomic E-state index is 13.7. The lowest BCUT2D eigenvalue weighted by atomic mass is 10.0. The standard InChI is InChI=1S/C14H14F4N2S/c1-7-8(2)21-13(20-7)6-12(19)10-5-9(14(16,17)18)3-4-11(10)15/h3-5,12H,6,19H2,1-2H3. The fraction of sp³-hybridized carbons (Fsp3) is 0.357. The van der Waals surface area contributed by atoms with E-state index in [1.165, 1.54) is 11.3 Å². The zero-order chi connectivity index (χ0) is 15.8. The number of alkyl halides is 3. The molecule has 0 bridgehead atoms. The van der Waals surface area contributed by atoms with Gasteiger partial charge in [0.2, 0.25) is 0 Å². The number of hydrogen-bond acceptors (Lipinski definition) is 3. The molecule has 0 radical (unpaired) electrons. The molecule has 0 saturated carbocycles. The minimum Gasteiger partial charge on any atom is -0.324 e. The molecule has 1 atom stereocenters. The number of halogens is 4. The molecule has 0 aliphatic carbocycles. The molecule has 21 heavy (non-hydrogen) atoms. The van der Waals surface area contributed by atoms with E-state index in [0.29, 0.717) is 11.1 Å². The molecule has 1 heterocycles. The van der Waals surface area contributed by atoms with Gasteiger partial charge in [-0.3, -0.25) is 0 Å². The number of aromatic nitrogens is 1. The molecule has 0 aliphatic heterocycles. The molecule has 2 aromatic rings. The molecule has 2 rings (SSSR count). The normalized spacial score (nSPS) is 13.5. The molecule has 2 N–H and O–H groups in total. The van der Waals surface area contributed by atoms with Crippen LogP contribution in [-0.2, 0) is 12.6 Å². The van der Waals surface area contributed by atoms with Crippen molar-refractivity contribution in [2.75, 3.05) is 0 Å². The summed E-state index contributed by atoms with van der Waals surface area (Å²) in [7, 11) is 0. The summed E-state index contributed by atoms with van der Waals surface area (Å²) in [6, 6.07) is 1.42. The molecule has 1 unspecified atom stereocenters. The fourth-order valence-corrected chi connectivity index (χ4v) is 2.92. The van der Waals surface area contributed by atoms with Crippen LogP contribution in [-0.4, -0.2) is 4.98 Å². The molecule has 114 valence electrons. The van der Waals surface area contributed by atoms with Crippen molar-refractivity contribution < 1.29 is 17.6 Å². The van der Waals surface area contributed by atoms with E-state index in [2.05, 4.69) is 4.98 Å². The number of aryl methyl sites for hydroxylation is 2. The van der Waals surface area contributed by atoms with Gasteiger partial charge in [0.25, 0.3) is 0 Å². The highest BCUT2D eigenvalue weighted by molar-refractivity contribution is 7.11. The van der Waals surface area contributed by atoms with Gasteiger partial charge in [-0.05, 0) is 32.0 Å². The van der Waals surface area contributed by atoms with E-state index in [0.717, 1.165) is 22.7 Å². The molecule has 0 saturated heterocycles. The lowest BCUT2D eigenvalue weighted by Gasteiger charge is -2.14. The number of nitrogens with zero attached hydrogens (tertiary/aromatic N) is 1. The summed E-state index contributed by atoms with van der Waals surface area (Å²) in [5, 5.41) is 0.689. The summed E-state index contributed by atoms with van der Waals surface area (Å²) in [6.45, 7) is 3.73. The molecular weight excluding hydrogens is 304 g/mol. The van der Waals surface area contributed by atoms with Crippen LogP contribution < -0.4 is 5.73 Å². The van der Waals surface area contributed by atoms with Crippen LogP contribution in [0.25, 0.3) is 0 Å². The quantitative estimate of drug-likeness (QED) is 0.863. The van der Waals surface area contributed by atoms with Gasteiger partial charge in [-0.1, -0.05) is 0 Å². The maximum atomic E-state index is 13.7. The Labute approximate surface area is 123 Å². The Hall–Kier alpha value is -1.47. The summed E-state index contributed by atoms with van der Waals surface area (Å²) in [4.78, 5) is 5.29. The van der Waals surface area contributed by atoms with Crippen LogP contribution in [0.15, 0.2) is 18.2 Å². The largest absolute Gasteiger partial charge is 0.416 e. The van der Waals surface area contributed by atoms with Gasteiger partial charge >= 0.3 is 6.18 Å². The van der Waals surface area contributed by atoms with E-state index >= 15 is 0 Å². The van der Waals surface area contributed by atoms with Gasteiger partial charge in [0, 0.05) is 22.9 Å². The molecule has 1 aromatic heterocycles. The summed E-state index contributed by atoms with van der Waals surface area (Å²) < 4.78 is 51.7. The molecular formula is C14H14F4N2S. The molecule has 0 spiro atoms. The number of thiazole rings is 1. The zero-order valence-electron chi connectivity index (χ0n) is 11.5. The number of rotatable bonds is 3. The summed E-state index contributed by atoms with van der Waals surface area (Å²) >= 11 is 1.42. The van der Waals surface area contributed by atoms with E-state index < -0.39 is 23.6 Å².